The van der Waals surface area contributed by atoms with Gasteiger partial charge in [-0.05, 0) is 56.1 Å². The van der Waals surface area contributed by atoms with Crippen LogP contribution in [0.4, 0.5) is 0 Å². The lowest BCUT2D eigenvalue weighted by molar-refractivity contribution is 0.230. The molecule has 1 aromatic carbocycles. The first-order valence-corrected chi connectivity index (χ1v) is 6.77. The largest absolute Gasteiger partial charge is 0.497 e. The SMILES string of the molecule is COc1ccc(OC)c(CCN2CCCCC2)c1. The maximum Gasteiger partial charge on any atom is 0.122 e. The van der Waals surface area contributed by atoms with Gasteiger partial charge >= 0.3 is 0 Å². The molecule has 0 bridgehead atoms. The summed E-state index contributed by atoms with van der Waals surface area (Å²) in [4.78, 5) is 2.54. The molecule has 100 valence electrons. The highest BCUT2D eigenvalue weighted by Crippen LogP contribution is 2.24. The van der Waals surface area contributed by atoms with Crippen LogP contribution in [0.15, 0.2) is 18.2 Å². The van der Waals surface area contributed by atoms with Gasteiger partial charge in [0.05, 0.1) is 14.2 Å². The van der Waals surface area contributed by atoms with E-state index in [1.54, 1.807) is 14.2 Å². The Morgan fingerprint density at radius 2 is 1.83 bits per heavy atom. The molecule has 0 amide bonds. The van der Waals surface area contributed by atoms with Crippen LogP contribution in [0.1, 0.15) is 24.8 Å². The number of rotatable bonds is 5. The summed E-state index contributed by atoms with van der Waals surface area (Å²) in [6.07, 6.45) is 5.10. The lowest BCUT2D eigenvalue weighted by Crippen LogP contribution is -2.31. The van der Waals surface area contributed by atoms with Gasteiger partial charge in [0.2, 0.25) is 0 Å². The molecule has 0 radical (unpaired) electrons. The Labute approximate surface area is 110 Å². The first-order valence-electron chi connectivity index (χ1n) is 6.77. The van der Waals surface area contributed by atoms with Crippen LogP contribution in [0.25, 0.3) is 0 Å². The maximum atomic E-state index is 5.41. The molecule has 1 heterocycles. The van der Waals surface area contributed by atoms with Crippen molar-refractivity contribution < 1.29 is 9.47 Å². The number of ether oxygens (including phenoxy) is 2. The van der Waals surface area contributed by atoms with E-state index in [1.165, 1.54) is 37.9 Å². The van der Waals surface area contributed by atoms with Crippen molar-refractivity contribution in [3.8, 4) is 11.5 Å². The van der Waals surface area contributed by atoms with Gasteiger partial charge < -0.3 is 14.4 Å². The third kappa shape index (κ3) is 3.39. The van der Waals surface area contributed by atoms with Gasteiger partial charge in [-0.25, -0.2) is 0 Å². The lowest BCUT2D eigenvalue weighted by atomic mass is 10.1. The standard InChI is InChI=1S/C15H23NO2/c1-17-14-6-7-15(18-2)13(12-14)8-11-16-9-4-3-5-10-16/h6-7,12H,3-5,8-11H2,1-2H3. The van der Waals surface area contributed by atoms with E-state index in [9.17, 15) is 0 Å². The normalized spacial score (nSPS) is 16.6. The molecular formula is C15H23NO2. The third-order valence-electron chi connectivity index (χ3n) is 3.63. The number of nitrogens with zero attached hydrogens (tertiary/aromatic N) is 1. The second-order valence-electron chi connectivity index (χ2n) is 4.83. The molecule has 0 aromatic heterocycles. The molecule has 3 nitrogen and oxygen atoms in total. The van der Waals surface area contributed by atoms with Crippen LogP contribution in [0.2, 0.25) is 0 Å². The molecule has 0 saturated carbocycles. The van der Waals surface area contributed by atoms with Gasteiger partial charge in [-0.2, -0.15) is 0 Å². The van der Waals surface area contributed by atoms with Crippen LogP contribution < -0.4 is 9.47 Å². The summed E-state index contributed by atoms with van der Waals surface area (Å²) in [5, 5.41) is 0. The summed E-state index contributed by atoms with van der Waals surface area (Å²) in [6.45, 7) is 3.60. The molecule has 1 fully saturated rings. The zero-order chi connectivity index (χ0) is 12.8. The van der Waals surface area contributed by atoms with Gasteiger partial charge in [0.25, 0.3) is 0 Å². The number of methoxy groups -OCH3 is 2. The minimum atomic E-state index is 0.907. The summed E-state index contributed by atoms with van der Waals surface area (Å²) >= 11 is 0. The van der Waals surface area contributed by atoms with Crippen molar-refractivity contribution in [2.45, 2.75) is 25.7 Å². The van der Waals surface area contributed by atoms with E-state index in [0.29, 0.717) is 0 Å². The maximum absolute atomic E-state index is 5.41. The van der Waals surface area contributed by atoms with E-state index in [0.717, 1.165) is 24.5 Å². The number of piperidine rings is 1. The van der Waals surface area contributed by atoms with Gasteiger partial charge in [0, 0.05) is 6.54 Å². The second-order valence-corrected chi connectivity index (χ2v) is 4.83. The number of likely N-dealkylation sites (tertiary alicyclic amines) is 1. The molecule has 1 aromatic rings. The summed E-state index contributed by atoms with van der Waals surface area (Å²) < 4.78 is 10.7. The van der Waals surface area contributed by atoms with Gasteiger partial charge in [-0.15, -0.1) is 0 Å². The fourth-order valence-corrected chi connectivity index (χ4v) is 2.54. The number of hydrogen-bond acceptors (Lipinski definition) is 3. The van der Waals surface area contributed by atoms with E-state index < -0.39 is 0 Å². The fraction of sp³-hybridized carbons (Fsp3) is 0.600. The highest BCUT2D eigenvalue weighted by atomic mass is 16.5. The molecule has 0 spiro atoms. The van der Waals surface area contributed by atoms with Crippen molar-refractivity contribution in [1.29, 1.82) is 0 Å². The van der Waals surface area contributed by atoms with Crippen molar-refractivity contribution in [2.24, 2.45) is 0 Å². The monoisotopic (exact) mass is 249 g/mol. The van der Waals surface area contributed by atoms with Crippen molar-refractivity contribution in [3.63, 3.8) is 0 Å². The van der Waals surface area contributed by atoms with E-state index in [2.05, 4.69) is 11.0 Å². The summed E-state index contributed by atoms with van der Waals surface area (Å²) in [7, 11) is 3.43. The highest BCUT2D eigenvalue weighted by Gasteiger charge is 2.11. The number of benzene rings is 1. The topological polar surface area (TPSA) is 21.7 Å². The predicted octanol–water partition coefficient (Wildman–Crippen LogP) is 2.73. The Hall–Kier alpha value is -1.22. The molecule has 3 heteroatoms. The molecule has 1 aliphatic heterocycles. The first-order chi connectivity index (χ1) is 8.83. The van der Waals surface area contributed by atoms with Crippen molar-refractivity contribution >= 4 is 0 Å². The van der Waals surface area contributed by atoms with Crippen molar-refractivity contribution in [2.75, 3.05) is 33.9 Å². The molecule has 0 aliphatic carbocycles. The van der Waals surface area contributed by atoms with Crippen LogP contribution in [0, 0.1) is 0 Å². The van der Waals surface area contributed by atoms with Gasteiger partial charge in [-0.1, -0.05) is 6.42 Å². The van der Waals surface area contributed by atoms with Crippen LogP contribution in [0.5, 0.6) is 11.5 Å². The Balaban J connectivity index is 1.97. The molecule has 1 aliphatic rings. The Morgan fingerprint density at radius 3 is 2.50 bits per heavy atom. The lowest BCUT2D eigenvalue weighted by Gasteiger charge is -2.26. The fourth-order valence-electron chi connectivity index (χ4n) is 2.54. The van der Waals surface area contributed by atoms with E-state index in [1.807, 2.05) is 12.1 Å². The Kier molecular flexibility index (Phi) is 4.88. The average Bonchev–Trinajstić information content (AvgIpc) is 2.45. The second kappa shape index (κ2) is 6.64. The molecule has 0 N–H and O–H groups in total. The van der Waals surface area contributed by atoms with Gasteiger partial charge in [0.15, 0.2) is 0 Å². The Morgan fingerprint density at radius 1 is 1.06 bits per heavy atom. The van der Waals surface area contributed by atoms with Crippen LogP contribution in [-0.4, -0.2) is 38.8 Å². The van der Waals surface area contributed by atoms with Crippen molar-refractivity contribution in [3.05, 3.63) is 23.8 Å². The molecule has 18 heavy (non-hydrogen) atoms. The quantitative estimate of drug-likeness (QED) is 0.801. The first kappa shape index (κ1) is 13.2. The molecule has 1 saturated heterocycles. The van der Waals surface area contributed by atoms with E-state index in [4.69, 9.17) is 9.47 Å². The summed E-state index contributed by atoms with van der Waals surface area (Å²) in [5.41, 5.74) is 1.24. The minimum absolute atomic E-state index is 0.907. The number of hydrogen-bond donors (Lipinski definition) is 0. The zero-order valence-electron chi connectivity index (χ0n) is 11.4. The van der Waals surface area contributed by atoms with E-state index >= 15 is 0 Å². The van der Waals surface area contributed by atoms with Crippen LogP contribution >= 0.6 is 0 Å². The minimum Gasteiger partial charge on any atom is -0.497 e. The van der Waals surface area contributed by atoms with Gasteiger partial charge in [-0.3, -0.25) is 0 Å². The highest BCUT2D eigenvalue weighted by molar-refractivity contribution is 5.40. The third-order valence-corrected chi connectivity index (χ3v) is 3.63. The predicted molar refractivity (Wildman–Crippen MR) is 73.5 cm³/mol. The Bertz CT molecular complexity index is 373. The molecular weight excluding hydrogens is 226 g/mol. The molecule has 0 atom stereocenters. The van der Waals surface area contributed by atoms with Crippen LogP contribution in [0.3, 0.4) is 0 Å². The van der Waals surface area contributed by atoms with Gasteiger partial charge in [0.1, 0.15) is 11.5 Å². The van der Waals surface area contributed by atoms with Crippen molar-refractivity contribution in [1.82, 2.24) is 4.90 Å². The molecule has 2 rings (SSSR count). The average molecular weight is 249 g/mol. The zero-order valence-corrected chi connectivity index (χ0v) is 11.4. The van der Waals surface area contributed by atoms with E-state index in [-0.39, 0.29) is 0 Å². The van der Waals surface area contributed by atoms with Crippen LogP contribution in [-0.2, 0) is 6.42 Å². The summed E-state index contributed by atoms with van der Waals surface area (Å²) in [5.74, 6) is 1.87. The smallest absolute Gasteiger partial charge is 0.122 e. The summed E-state index contributed by atoms with van der Waals surface area (Å²) in [6, 6.07) is 6.02. The molecule has 0 unspecified atom stereocenters.